The maximum Gasteiger partial charge on any atom is 3.00 e. The van der Waals surface area contributed by atoms with Gasteiger partial charge in [0.2, 0.25) is 0 Å². The third kappa shape index (κ3) is 123. The second-order valence-corrected chi connectivity index (χ2v) is 0. The van der Waals surface area contributed by atoms with E-state index in [1.807, 2.05) is 6.79 Å². The molecule has 0 aliphatic heterocycles. The van der Waals surface area contributed by atoms with Gasteiger partial charge in [0.25, 0.3) is 0 Å². The van der Waals surface area contributed by atoms with Gasteiger partial charge in [0.05, 0.1) is 0 Å². The van der Waals surface area contributed by atoms with Crippen LogP contribution in [0.5, 0.6) is 0 Å². The molecule has 0 aromatic carbocycles. The molecule has 0 saturated carbocycles. The SMILES string of the molecule is C=O.[In+3].[In+3].[O-2].[O-2].[O-2]. The summed E-state index contributed by atoms with van der Waals surface area (Å²) < 4.78 is 0. The Morgan fingerprint density at radius 3 is 0.714 bits per heavy atom. The molecule has 0 aliphatic carbocycles. The van der Waals surface area contributed by atoms with Crippen molar-refractivity contribution in [2.24, 2.45) is 0 Å². The molecule has 0 N–H and O–H groups in total. The van der Waals surface area contributed by atoms with Crippen molar-refractivity contribution in [3.8, 4) is 0 Å². The summed E-state index contributed by atoms with van der Waals surface area (Å²) in [5.41, 5.74) is 0. The third-order valence-corrected chi connectivity index (χ3v) is 0. The largest absolute Gasteiger partial charge is 3.00 e. The van der Waals surface area contributed by atoms with E-state index in [9.17, 15) is 0 Å². The van der Waals surface area contributed by atoms with Gasteiger partial charge in [-0.25, -0.2) is 0 Å². The zero-order valence-electron chi connectivity index (χ0n) is 3.49. The van der Waals surface area contributed by atoms with Gasteiger partial charge in [0.1, 0.15) is 6.79 Å². The van der Waals surface area contributed by atoms with Crippen molar-refractivity contribution in [3.05, 3.63) is 0 Å². The first kappa shape index (κ1) is 84.0. The molecule has 0 aromatic heterocycles. The first-order valence-electron chi connectivity index (χ1n) is 0.289. The van der Waals surface area contributed by atoms with Gasteiger partial charge in [0, 0.05) is 0 Å². The van der Waals surface area contributed by atoms with Gasteiger partial charge in [-0.2, -0.15) is 0 Å². The average Bonchev–Trinajstić information content (AvgIpc) is 1.00. The average molecular weight is 308 g/mol. The molecule has 0 fully saturated rings. The van der Waals surface area contributed by atoms with Crippen LogP contribution in [-0.2, 0) is 21.2 Å². The smallest absolute Gasteiger partial charge is 2.00 e. The van der Waals surface area contributed by atoms with Crippen LogP contribution in [0, 0.1) is 0 Å². The van der Waals surface area contributed by atoms with E-state index in [1.54, 1.807) is 0 Å². The molecule has 0 saturated heterocycles. The Labute approximate surface area is 79.2 Å². The van der Waals surface area contributed by atoms with Crippen LogP contribution >= 0.6 is 0 Å². The normalized spacial score (nSPS) is 0.571. The topological polar surface area (TPSA) is 103 Å². The summed E-state index contributed by atoms with van der Waals surface area (Å²) in [5.74, 6) is 0. The number of hydrogen-bond donors (Lipinski definition) is 0. The first-order valence-corrected chi connectivity index (χ1v) is 0.289. The molecule has 0 aromatic rings. The van der Waals surface area contributed by atoms with Crippen LogP contribution in [0.3, 0.4) is 0 Å². The van der Waals surface area contributed by atoms with E-state index in [-0.39, 0.29) is 68.1 Å². The fourth-order valence-corrected chi connectivity index (χ4v) is 0. The molecule has 0 atom stereocenters. The number of carbonyl (C=O) groups is 1. The summed E-state index contributed by atoms with van der Waals surface area (Å²) in [6.07, 6.45) is 0. The van der Waals surface area contributed by atoms with Gasteiger partial charge in [-0.3, -0.25) is 0 Å². The van der Waals surface area contributed by atoms with E-state index in [0.29, 0.717) is 0 Å². The van der Waals surface area contributed by atoms with Crippen LogP contribution in [0.4, 0.5) is 0 Å². The Kier molecular flexibility index (Phi) is 2080. The van der Waals surface area contributed by atoms with Gasteiger partial charge in [-0.1, -0.05) is 0 Å². The minimum absolute atomic E-state index is 0. The molecule has 0 radical (unpaired) electrons. The molecule has 4 nitrogen and oxygen atoms in total. The molecule has 0 amide bonds. The summed E-state index contributed by atoms with van der Waals surface area (Å²) in [7, 11) is 0. The molecular weight excluding hydrogens is 306 g/mol. The van der Waals surface area contributed by atoms with Gasteiger partial charge in [0.15, 0.2) is 0 Å². The van der Waals surface area contributed by atoms with Crippen molar-refractivity contribution in [2.75, 3.05) is 0 Å². The Balaban J connectivity index is -0.000000000500. The quantitative estimate of drug-likeness (QED) is 0.545. The summed E-state index contributed by atoms with van der Waals surface area (Å²) >= 11 is 0. The molecule has 7 heavy (non-hydrogen) atoms. The number of rotatable bonds is 0. The molecule has 0 heterocycles. The summed E-state index contributed by atoms with van der Waals surface area (Å²) in [6, 6.07) is 0. The molecule has 36 valence electrons. The van der Waals surface area contributed by atoms with Crippen LogP contribution in [0.25, 0.3) is 0 Å². The zero-order valence-corrected chi connectivity index (χ0v) is 10.1. The number of hydrogen-bond acceptors (Lipinski definition) is 1. The van der Waals surface area contributed by atoms with E-state index in [2.05, 4.69) is 0 Å². The molecule has 0 aliphatic rings. The predicted octanol–water partition coefficient (Wildman–Crippen LogP) is -1.30. The van der Waals surface area contributed by atoms with Crippen LogP contribution in [0.2, 0.25) is 0 Å². The number of carbonyl (C=O) groups excluding carboxylic acids is 1. The van der Waals surface area contributed by atoms with Crippen molar-refractivity contribution in [3.63, 3.8) is 0 Å². The second kappa shape index (κ2) is 173. The predicted molar refractivity (Wildman–Crippen MR) is 20.7 cm³/mol. The monoisotopic (exact) mass is 308 g/mol. The van der Waals surface area contributed by atoms with Crippen molar-refractivity contribution >= 4 is 58.5 Å². The fourth-order valence-electron chi connectivity index (χ4n) is 0. The minimum Gasteiger partial charge on any atom is -2.00 e. The fraction of sp³-hybridized carbons (Fsp3) is 0. The third-order valence-electron chi connectivity index (χ3n) is 0. The maximum absolute atomic E-state index is 8.00. The van der Waals surface area contributed by atoms with E-state index >= 15 is 0 Å². The van der Waals surface area contributed by atoms with Crippen LogP contribution < -0.4 is 0 Å². The Bertz CT molecular complexity index is 9.65. The van der Waals surface area contributed by atoms with Gasteiger partial charge in [-0.05, 0) is 0 Å². The maximum atomic E-state index is 8.00. The Morgan fingerprint density at radius 2 is 0.714 bits per heavy atom. The molecule has 0 spiro atoms. The van der Waals surface area contributed by atoms with Crippen molar-refractivity contribution in [2.45, 2.75) is 0 Å². The van der Waals surface area contributed by atoms with E-state index < -0.39 is 0 Å². The van der Waals surface area contributed by atoms with Gasteiger partial charge < -0.3 is 21.2 Å². The molecule has 0 bridgehead atoms. The molecule has 0 unspecified atom stereocenters. The van der Waals surface area contributed by atoms with Crippen LogP contribution in [-0.4, -0.2) is 58.5 Å². The van der Waals surface area contributed by atoms with E-state index in [0.717, 1.165) is 0 Å². The Morgan fingerprint density at radius 1 is 0.714 bits per heavy atom. The van der Waals surface area contributed by atoms with E-state index in [1.165, 1.54) is 0 Å². The molecule has 0 rings (SSSR count). The summed E-state index contributed by atoms with van der Waals surface area (Å²) in [5, 5.41) is 0. The molecular formula is CH2In2O4. The van der Waals surface area contributed by atoms with Crippen molar-refractivity contribution in [1.82, 2.24) is 0 Å². The summed E-state index contributed by atoms with van der Waals surface area (Å²) in [6.45, 7) is 2.00. The van der Waals surface area contributed by atoms with E-state index in [4.69, 9.17) is 4.79 Å². The molecule has 6 heteroatoms. The van der Waals surface area contributed by atoms with Crippen molar-refractivity contribution in [1.29, 1.82) is 0 Å². The minimum atomic E-state index is 0. The van der Waals surface area contributed by atoms with Crippen LogP contribution in [0.1, 0.15) is 0 Å². The van der Waals surface area contributed by atoms with Gasteiger partial charge in [-0.15, -0.1) is 0 Å². The van der Waals surface area contributed by atoms with Gasteiger partial charge >= 0.3 is 51.7 Å². The van der Waals surface area contributed by atoms with Crippen molar-refractivity contribution < 1.29 is 21.2 Å². The second-order valence-electron chi connectivity index (χ2n) is 0. The Hall–Kier alpha value is 1.29. The first-order chi connectivity index (χ1) is 1.00. The summed E-state index contributed by atoms with van der Waals surface area (Å²) in [4.78, 5) is 8.00. The van der Waals surface area contributed by atoms with Crippen LogP contribution in [0.15, 0.2) is 0 Å². The standard InChI is InChI=1S/CH2O.2In.3O/c1-2;;;;;/h1H2;;;;;/q;2*+3;3*-2. The zero-order chi connectivity index (χ0) is 2.00.